The Kier molecular flexibility index (Phi) is 4.17. The number of aromatic nitrogens is 2. The van der Waals surface area contributed by atoms with Crippen molar-refractivity contribution in [3.8, 4) is 0 Å². The van der Waals surface area contributed by atoms with Gasteiger partial charge in [-0.25, -0.2) is 0 Å². The van der Waals surface area contributed by atoms with Gasteiger partial charge in [0.15, 0.2) is 5.82 Å². The van der Waals surface area contributed by atoms with Crippen LogP contribution in [0.2, 0.25) is 4.34 Å². The lowest BCUT2D eigenvalue weighted by Gasteiger charge is -2.33. The Morgan fingerprint density at radius 1 is 1.14 bits per heavy atom. The maximum atomic E-state index is 5.99. The summed E-state index contributed by atoms with van der Waals surface area (Å²) in [6.45, 7) is 6.04. The predicted octanol–water partition coefficient (Wildman–Crippen LogP) is 2.98. The smallest absolute Gasteiger partial charge is 0.229 e. The van der Waals surface area contributed by atoms with Crippen LogP contribution in [0.5, 0.6) is 0 Å². The van der Waals surface area contributed by atoms with E-state index in [4.69, 9.17) is 16.1 Å². The largest absolute Gasteiger partial charge is 0.339 e. The zero-order chi connectivity index (χ0) is 14.9. The Morgan fingerprint density at radius 2 is 1.86 bits per heavy atom. The monoisotopic (exact) mass is 338 g/mol. The number of rotatable bonds is 5. The van der Waals surface area contributed by atoms with E-state index < -0.39 is 0 Å². The van der Waals surface area contributed by atoms with E-state index in [-0.39, 0.29) is 0 Å². The number of thiophene rings is 1. The van der Waals surface area contributed by atoms with Crippen LogP contribution >= 0.6 is 22.9 Å². The van der Waals surface area contributed by atoms with Gasteiger partial charge in [-0.2, -0.15) is 4.98 Å². The summed E-state index contributed by atoms with van der Waals surface area (Å²) in [5, 5.41) is 4.11. The fourth-order valence-electron chi connectivity index (χ4n) is 2.79. The summed E-state index contributed by atoms with van der Waals surface area (Å²) in [5.41, 5.74) is 0. The SMILES string of the molecule is Clc1ccc(CN2CCN(Cc3noc(C4CC4)n3)CC2)s1. The molecule has 4 rings (SSSR count). The lowest BCUT2D eigenvalue weighted by atomic mass is 10.3. The molecule has 1 saturated carbocycles. The molecule has 5 nitrogen and oxygen atoms in total. The summed E-state index contributed by atoms with van der Waals surface area (Å²) in [7, 11) is 0. The van der Waals surface area contributed by atoms with Crippen molar-refractivity contribution in [3.63, 3.8) is 0 Å². The van der Waals surface area contributed by atoms with E-state index >= 15 is 0 Å². The first-order valence-corrected chi connectivity index (χ1v) is 8.97. The molecular formula is C15H19ClN4OS. The van der Waals surface area contributed by atoms with E-state index in [2.05, 4.69) is 26.0 Å². The number of nitrogens with zero attached hydrogens (tertiary/aromatic N) is 4. The summed E-state index contributed by atoms with van der Waals surface area (Å²) in [6, 6.07) is 4.10. The summed E-state index contributed by atoms with van der Waals surface area (Å²) < 4.78 is 6.20. The molecule has 1 aliphatic carbocycles. The van der Waals surface area contributed by atoms with Crippen LogP contribution in [0, 0.1) is 0 Å². The quantitative estimate of drug-likeness (QED) is 0.838. The Hall–Kier alpha value is -0.950. The molecule has 2 aromatic rings. The predicted molar refractivity (Wildman–Crippen MR) is 86.2 cm³/mol. The minimum atomic E-state index is 0.538. The van der Waals surface area contributed by atoms with Crippen LogP contribution in [0.15, 0.2) is 16.7 Å². The topological polar surface area (TPSA) is 45.4 Å². The average molecular weight is 339 g/mol. The zero-order valence-corrected chi connectivity index (χ0v) is 13.9. The number of hydrogen-bond donors (Lipinski definition) is 0. The van der Waals surface area contributed by atoms with E-state index in [0.29, 0.717) is 5.92 Å². The van der Waals surface area contributed by atoms with Crippen LogP contribution in [0.1, 0.15) is 35.4 Å². The van der Waals surface area contributed by atoms with Gasteiger partial charge in [0.1, 0.15) is 0 Å². The first kappa shape index (κ1) is 14.6. The first-order chi connectivity index (χ1) is 10.8. The van der Waals surface area contributed by atoms with Crippen LogP contribution in [0.3, 0.4) is 0 Å². The van der Waals surface area contributed by atoms with Gasteiger partial charge in [-0.05, 0) is 25.0 Å². The standard InChI is InChI=1S/C15H19ClN4OS/c16-13-4-3-12(22-13)9-19-5-7-20(8-6-19)10-14-17-15(21-18-14)11-1-2-11/h3-4,11H,1-2,5-10H2. The molecule has 2 fully saturated rings. The van der Waals surface area contributed by atoms with Gasteiger partial charge in [0.2, 0.25) is 5.89 Å². The molecule has 0 radical (unpaired) electrons. The molecule has 3 heterocycles. The fraction of sp³-hybridized carbons (Fsp3) is 0.600. The molecule has 0 unspecified atom stereocenters. The second-order valence-electron chi connectivity index (χ2n) is 6.08. The number of piperazine rings is 1. The average Bonchev–Trinajstić information content (AvgIpc) is 3.14. The summed E-state index contributed by atoms with van der Waals surface area (Å²) in [4.78, 5) is 10.7. The van der Waals surface area contributed by atoms with Crippen molar-refractivity contribution in [2.24, 2.45) is 0 Å². The van der Waals surface area contributed by atoms with E-state index in [1.165, 1.54) is 17.7 Å². The van der Waals surface area contributed by atoms with E-state index in [0.717, 1.165) is 55.3 Å². The molecule has 2 aromatic heterocycles. The normalized spacial score (nSPS) is 20.6. The molecule has 1 saturated heterocycles. The molecule has 0 N–H and O–H groups in total. The van der Waals surface area contributed by atoms with Crippen molar-refractivity contribution < 1.29 is 4.52 Å². The number of hydrogen-bond acceptors (Lipinski definition) is 6. The van der Waals surface area contributed by atoms with Crippen LogP contribution < -0.4 is 0 Å². The second kappa shape index (κ2) is 6.28. The molecule has 118 valence electrons. The molecule has 0 spiro atoms. The Labute approximate surface area is 138 Å². The zero-order valence-electron chi connectivity index (χ0n) is 12.4. The van der Waals surface area contributed by atoms with Crippen LogP contribution in [0.25, 0.3) is 0 Å². The van der Waals surface area contributed by atoms with Gasteiger partial charge in [-0.15, -0.1) is 11.3 Å². The maximum Gasteiger partial charge on any atom is 0.229 e. The van der Waals surface area contributed by atoms with Crippen LogP contribution in [-0.4, -0.2) is 46.1 Å². The molecule has 22 heavy (non-hydrogen) atoms. The van der Waals surface area contributed by atoms with Gasteiger partial charge in [0.05, 0.1) is 10.9 Å². The summed E-state index contributed by atoms with van der Waals surface area (Å²) in [6.07, 6.45) is 2.40. The highest BCUT2D eigenvalue weighted by molar-refractivity contribution is 7.16. The van der Waals surface area contributed by atoms with Crippen LogP contribution in [-0.2, 0) is 13.1 Å². The van der Waals surface area contributed by atoms with Gasteiger partial charge in [-0.3, -0.25) is 9.80 Å². The molecule has 0 bridgehead atoms. The lowest BCUT2D eigenvalue weighted by Crippen LogP contribution is -2.45. The van der Waals surface area contributed by atoms with Crippen molar-refractivity contribution in [1.82, 2.24) is 19.9 Å². The molecule has 0 aromatic carbocycles. The van der Waals surface area contributed by atoms with Gasteiger partial charge in [0.25, 0.3) is 0 Å². The molecule has 2 aliphatic rings. The Morgan fingerprint density at radius 3 is 2.50 bits per heavy atom. The molecule has 7 heteroatoms. The first-order valence-electron chi connectivity index (χ1n) is 7.78. The summed E-state index contributed by atoms with van der Waals surface area (Å²) >= 11 is 7.66. The second-order valence-corrected chi connectivity index (χ2v) is 7.88. The van der Waals surface area contributed by atoms with Crippen molar-refractivity contribution in [1.29, 1.82) is 0 Å². The third-order valence-electron chi connectivity index (χ3n) is 4.25. The number of halogens is 1. The highest BCUT2D eigenvalue weighted by atomic mass is 35.5. The van der Waals surface area contributed by atoms with E-state index in [9.17, 15) is 0 Å². The summed E-state index contributed by atoms with van der Waals surface area (Å²) in [5.74, 6) is 2.21. The van der Waals surface area contributed by atoms with Gasteiger partial charge in [-0.1, -0.05) is 16.8 Å². The van der Waals surface area contributed by atoms with Crippen molar-refractivity contribution in [2.75, 3.05) is 26.2 Å². The van der Waals surface area contributed by atoms with Gasteiger partial charge >= 0.3 is 0 Å². The minimum absolute atomic E-state index is 0.538. The molecule has 0 amide bonds. The highest BCUT2D eigenvalue weighted by Crippen LogP contribution is 2.38. The third kappa shape index (κ3) is 3.51. The van der Waals surface area contributed by atoms with Crippen LogP contribution in [0.4, 0.5) is 0 Å². The Balaban J connectivity index is 1.26. The van der Waals surface area contributed by atoms with Crippen molar-refractivity contribution >= 4 is 22.9 Å². The van der Waals surface area contributed by atoms with Gasteiger partial charge in [0, 0.05) is 43.5 Å². The van der Waals surface area contributed by atoms with E-state index in [1.807, 2.05) is 6.07 Å². The third-order valence-corrected chi connectivity index (χ3v) is 5.46. The molecule has 1 aliphatic heterocycles. The Bertz CT molecular complexity index is 631. The van der Waals surface area contributed by atoms with Crippen molar-refractivity contribution in [3.05, 3.63) is 33.1 Å². The minimum Gasteiger partial charge on any atom is -0.339 e. The molecule has 0 atom stereocenters. The molecular weight excluding hydrogens is 320 g/mol. The fourth-order valence-corrected chi connectivity index (χ4v) is 3.92. The maximum absolute atomic E-state index is 5.99. The van der Waals surface area contributed by atoms with Gasteiger partial charge < -0.3 is 4.52 Å². The van der Waals surface area contributed by atoms with E-state index in [1.54, 1.807) is 11.3 Å². The lowest BCUT2D eigenvalue weighted by molar-refractivity contribution is 0.120. The highest BCUT2D eigenvalue weighted by Gasteiger charge is 2.30. The van der Waals surface area contributed by atoms with Crippen molar-refractivity contribution in [2.45, 2.75) is 31.8 Å².